The highest BCUT2D eigenvalue weighted by Gasteiger charge is 2.32. The summed E-state index contributed by atoms with van der Waals surface area (Å²) >= 11 is 0. The van der Waals surface area contributed by atoms with Crippen LogP contribution in [0.5, 0.6) is 0 Å². The summed E-state index contributed by atoms with van der Waals surface area (Å²) in [5.41, 5.74) is 0. The average Bonchev–Trinajstić information content (AvgIpc) is 2.13. The van der Waals surface area contributed by atoms with Crippen molar-refractivity contribution in [2.45, 2.75) is 74.0 Å². The summed E-state index contributed by atoms with van der Waals surface area (Å²) in [6.45, 7) is 17.2. The Bertz CT molecular complexity index is 193. The molecule has 0 aliphatic heterocycles. The summed E-state index contributed by atoms with van der Waals surface area (Å²) in [6.07, 6.45) is -0.313. The number of hydrogen-bond donors (Lipinski definition) is 2. The van der Waals surface area contributed by atoms with Gasteiger partial charge in [0.15, 0.2) is 0 Å². The first-order chi connectivity index (χ1) is 8.59. The highest BCUT2D eigenvalue weighted by atomic mass is 16.3. The van der Waals surface area contributed by atoms with Gasteiger partial charge in [-0.15, -0.1) is 0 Å². The second-order valence-corrected chi connectivity index (χ2v) is 7.50. The smallest absolute Gasteiger partial charge is 0.0598 e. The summed E-state index contributed by atoms with van der Waals surface area (Å²) in [4.78, 5) is 0. The fraction of sp³-hybridized carbons (Fsp3) is 1.00. The van der Waals surface area contributed by atoms with Crippen LogP contribution in [0.15, 0.2) is 0 Å². The molecule has 0 aromatic carbocycles. The Balaban J connectivity index is 4.72. The lowest BCUT2D eigenvalue weighted by Gasteiger charge is -2.35. The molecule has 0 aromatic heterocycles. The number of rotatable bonds is 8. The van der Waals surface area contributed by atoms with E-state index < -0.39 is 12.2 Å². The van der Waals surface area contributed by atoms with Crippen molar-refractivity contribution in [1.29, 1.82) is 0 Å². The highest BCUT2D eigenvalue weighted by Crippen LogP contribution is 2.31. The van der Waals surface area contributed by atoms with Gasteiger partial charge < -0.3 is 10.2 Å². The van der Waals surface area contributed by atoms with Crippen molar-refractivity contribution in [2.75, 3.05) is 0 Å². The van der Waals surface area contributed by atoms with E-state index >= 15 is 0 Å². The molecule has 0 saturated carbocycles. The van der Waals surface area contributed by atoms with Crippen molar-refractivity contribution < 1.29 is 10.2 Å². The Hall–Kier alpha value is -0.0800. The van der Waals surface area contributed by atoms with E-state index in [4.69, 9.17) is 0 Å². The summed E-state index contributed by atoms with van der Waals surface area (Å²) < 4.78 is 0. The van der Waals surface area contributed by atoms with Crippen LogP contribution in [0.25, 0.3) is 0 Å². The molecule has 0 radical (unpaired) electrons. The van der Waals surface area contributed by atoms with Crippen LogP contribution in [0.2, 0.25) is 0 Å². The normalized spacial score (nSPS) is 16.4. The van der Waals surface area contributed by atoms with Crippen molar-refractivity contribution in [3.05, 3.63) is 0 Å². The molecular weight excluding hydrogens is 236 g/mol. The Morgan fingerprint density at radius 3 is 0.895 bits per heavy atom. The number of aliphatic hydroxyl groups excluding tert-OH is 2. The zero-order chi connectivity index (χ0) is 15.3. The molecule has 2 heteroatoms. The molecule has 0 saturated heterocycles. The molecule has 2 atom stereocenters. The Morgan fingerprint density at radius 2 is 0.737 bits per heavy atom. The molecule has 2 N–H and O–H groups in total. The third-order valence-electron chi connectivity index (χ3n) is 4.45. The van der Waals surface area contributed by atoms with Gasteiger partial charge in [-0.25, -0.2) is 0 Å². The van der Waals surface area contributed by atoms with Gasteiger partial charge in [0.25, 0.3) is 0 Å². The molecule has 2 unspecified atom stereocenters. The van der Waals surface area contributed by atoms with Gasteiger partial charge in [0.05, 0.1) is 12.2 Å². The molecule has 0 bridgehead atoms. The van der Waals surface area contributed by atoms with E-state index in [2.05, 4.69) is 55.4 Å². The quantitative estimate of drug-likeness (QED) is 0.702. The van der Waals surface area contributed by atoms with Gasteiger partial charge in [0.2, 0.25) is 0 Å². The molecule has 0 rings (SSSR count). The molecule has 0 amide bonds. The van der Waals surface area contributed by atoms with E-state index in [-0.39, 0.29) is 11.8 Å². The van der Waals surface area contributed by atoms with Crippen LogP contribution in [-0.2, 0) is 0 Å². The van der Waals surface area contributed by atoms with E-state index in [1.54, 1.807) is 0 Å². The third-order valence-corrected chi connectivity index (χ3v) is 4.45. The molecule has 116 valence electrons. The zero-order valence-electron chi connectivity index (χ0n) is 14.2. The van der Waals surface area contributed by atoms with Crippen LogP contribution in [-0.4, -0.2) is 22.4 Å². The number of aliphatic hydroxyl groups is 2. The topological polar surface area (TPSA) is 40.5 Å². The van der Waals surface area contributed by atoms with Crippen molar-refractivity contribution in [2.24, 2.45) is 35.5 Å². The van der Waals surface area contributed by atoms with Crippen LogP contribution >= 0.6 is 0 Å². The van der Waals surface area contributed by atoms with E-state index in [1.165, 1.54) is 0 Å². The highest BCUT2D eigenvalue weighted by molar-refractivity contribution is 4.82. The van der Waals surface area contributed by atoms with Gasteiger partial charge in [-0.05, 0) is 41.9 Å². The first kappa shape index (κ1) is 18.9. The van der Waals surface area contributed by atoms with E-state index in [1.807, 2.05) is 0 Å². The van der Waals surface area contributed by atoms with Gasteiger partial charge in [-0.3, -0.25) is 0 Å². The Kier molecular flexibility index (Phi) is 8.23. The Labute approximate surface area is 120 Å². The lowest BCUT2D eigenvalue weighted by molar-refractivity contribution is -0.0254. The van der Waals surface area contributed by atoms with Crippen LogP contribution in [0.4, 0.5) is 0 Å². The maximum absolute atomic E-state index is 10.5. The van der Waals surface area contributed by atoms with Crippen LogP contribution in [0, 0.1) is 35.5 Å². The van der Waals surface area contributed by atoms with E-state index in [0.29, 0.717) is 30.1 Å². The zero-order valence-corrected chi connectivity index (χ0v) is 14.2. The molecule has 0 heterocycles. The summed E-state index contributed by atoms with van der Waals surface area (Å²) in [7, 11) is 0. The second kappa shape index (κ2) is 8.26. The summed E-state index contributed by atoms with van der Waals surface area (Å²) in [5, 5.41) is 20.9. The molecule has 0 fully saturated rings. The van der Waals surface area contributed by atoms with Crippen LogP contribution in [0.1, 0.15) is 61.8 Å². The van der Waals surface area contributed by atoms with Gasteiger partial charge in [0, 0.05) is 0 Å². The molecule has 0 aliphatic carbocycles. The van der Waals surface area contributed by atoms with Crippen molar-refractivity contribution >= 4 is 0 Å². The fourth-order valence-electron chi connectivity index (χ4n) is 3.88. The van der Waals surface area contributed by atoms with Gasteiger partial charge in [0.1, 0.15) is 0 Å². The predicted octanol–water partition coefficient (Wildman–Crippen LogP) is 3.95. The minimum Gasteiger partial charge on any atom is -0.393 e. The van der Waals surface area contributed by atoms with Crippen molar-refractivity contribution in [3.8, 4) is 0 Å². The van der Waals surface area contributed by atoms with E-state index in [9.17, 15) is 10.2 Å². The van der Waals surface area contributed by atoms with Gasteiger partial charge in [-0.1, -0.05) is 55.4 Å². The fourth-order valence-corrected chi connectivity index (χ4v) is 3.88. The maximum Gasteiger partial charge on any atom is 0.0598 e. The van der Waals surface area contributed by atoms with Crippen LogP contribution < -0.4 is 0 Å². The minimum atomic E-state index is -0.407. The maximum atomic E-state index is 10.5. The van der Waals surface area contributed by atoms with Crippen LogP contribution in [0.3, 0.4) is 0 Å². The SMILES string of the molecule is CC(C)C(C(C)C)C(O)CC(O)C(C(C)C)C(C)C. The average molecular weight is 272 g/mol. The second-order valence-electron chi connectivity index (χ2n) is 7.50. The summed E-state index contributed by atoms with van der Waals surface area (Å²) in [6, 6.07) is 0. The molecule has 0 aromatic rings. The largest absolute Gasteiger partial charge is 0.393 e. The Morgan fingerprint density at radius 1 is 0.526 bits per heavy atom. The minimum absolute atomic E-state index is 0.259. The van der Waals surface area contributed by atoms with Crippen molar-refractivity contribution in [1.82, 2.24) is 0 Å². The molecule has 0 aliphatic rings. The lowest BCUT2D eigenvalue weighted by Crippen LogP contribution is -2.37. The molecular formula is C17H36O2. The lowest BCUT2D eigenvalue weighted by atomic mass is 9.75. The van der Waals surface area contributed by atoms with Crippen molar-refractivity contribution in [3.63, 3.8) is 0 Å². The first-order valence-electron chi connectivity index (χ1n) is 7.95. The number of hydrogen-bond acceptors (Lipinski definition) is 2. The van der Waals surface area contributed by atoms with Gasteiger partial charge >= 0.3 is 0 Å². The van der Waals surface area contributed by atoms with Gasteiger partial charge in [-0.2, -0.15) is 0 Å². The standard InChI is InChI=1S/C17H36O2/c1-10(2)16(11(3)4)14(18)9-15(19)17(12(5)6)13(7)8/h10-19H,9H2,1-8H3. The molecule has 19 heavy (non-hydrogen) atoms. The molecule has 2 nitrogen and oxygen atoms in total. The summed E-state index contributed by atoms with van der Waals surface area (Å²) in [5.74, 6) is 2.29. The third kappa shape index (κ3) is 5.83. The first-order valence-corrected chi connectivity index (χ1v) is 7.95. The van der Waals surface area contributed by atoms with E-state index in [0.717, 1.165) is 0 Å². The predicted molar refractivity (Wildman–Crippen MR) is 83.0 cm³/mol. The monoisotopic (exact) mass is 272 g/mol. The molecule has 0 spiro atoms.